The van der Waals surface area contributed by atoms with Crippen LogP contribution in [0.2, 0.25) is 20.1 Å². The van der Waals surface area contributed by atoms with Crippen LogP contribution in [0.25, 0.3) is 22.5 Å². The standard InChI is InChI=1S/C52H60Cl4N10O8.ClH/c1-63-27-41(39-23-37(53)25-45(55)43(39)29-63)33-5-3-7-35(21-33)47-31-65(61-59-47)11-15-73-19-17-71-13-9-57-51(69)49(67)50(68)52(70)58-10-14-72-18-20-74-16-12-66-32-48(60-62-66)36-8-4-6-34(22-36)42-28-64(2)30-44-40(42)24-38(54)26-46(44)56;/h3-8,21-26,31-32,41-42,49-50,67-68H,9-20,27-30H2,1-2H3,(H,57,69)(H,58,70);1H/t41-,42-,49+,50+;/m0./s1. The lowest BCUT2D eigenvalue weighted by atomic mass is 9.84. The summed E-state index contributed by atoms with van der Waals surface area (Å²) in [5, 5.41) is 45.3. The highest BCUT2D eigenvalue weighted by Gasteiger charge is 2.31. The van der Waals surface area contributed by atoms with Gasteiger partial charge in [0.2, 0.25) is 0 Å². The van der Waals surface area contributed by atoms with E-state index in [2.05, 4.69) is 79.4 Å². The van der Waals surface area contributed by atoms with E-state index < -0.39 is 24.0 Å². The lowest BCUT2D eigenvalue weighted by Gasteiger charge is -2.33. The fraction of sp³-hybridized carbons (Fsp3) is 0.423. The van der Waals surface area contributed by atoms with E-state index in [0.29, 0.717) is 59.6 Å². The van der Waals surface area contributed by atoms with Crippen molar-refractivity contribution in [2.75, 3.05) is 93.1 Å². The second-order valence-corrected chi connectivity index (χ2v) is 20.0. The number of aliphatic hydroxyl groups excluding tert-OH is 2. The van der Waals surface area contributed by atoms with Crippen LogP contribution in [-0.4, -0.2) is 167 Å². The van der Waals surface area contributed by atoms with Gasteiger partial charge in [0.1, 0.15) is 11.4 Å². The third-order valence-electron chi connectivity index (χ3n) is 12.8. The average molecular weight is 1130 g/mol. The van der Waals surface area contributed by atoms with Gasteiger partial charge in [-0.2, -0.15) is 0 Å². The molecule has 75 heavy (non-hydrogen) atoms. The Hall–Kier alpha value is -4.77. The quantitative estimate of drug-likeness (QED) is 0.0478. The predicted molar refractivity (Wildman–Crippen MR) is 289 cm³/mol. The van der Waals surface area contributed by atoms with Gasteiger partial charge in [-0.1, -0.05) is 93.2 Å². The number of halogens is 5. The van der Waals surface area contributed by atoms with Gasteiger partial charge < -0.3 is 49.6 Å². The van der Waals surface area contributed by atoms with Crippen molar-refractivity contribution in [2.24, 2.45) is 0 Å². The van der Waals surface area contributed by atoms with Crippen molar-refractivity contribution in [3.63, 3.8) is 0 Å². The molecule has 8 rings (SSSR count). The average Bonchev–Trinajstić information content (AvgIpc) is 4.08. The molecule has 0 unspecified atom stereocenters. The number of carbonyl (C=O) groups excluding carboxylic acids is 2. The van der Waals surface area contributed by atoms with E-state index in [0.717, 1.165) is 82.1 Å². The van der Waals surface area contributed by atoms with Crippen molar-refractivity contribution >= 4 is 70.6 Å². The number of ether oxygens (including phenoxy) is 4. The molecule has 2 aliphatic heterocycles. The van der Waals surface area contributed by atoms with Crippen LogP contribution in [0.15, 0.2) is 85.2 Å². The molecule has 6 aromatic rings. The van der Waals surface area contributed by atoms with E-state index in [-0.39, 0.29) is 63.8 Å². The van der Waals surface area contributed by atoms with Crippen LogP contribution >= 0.6 is 58.8 Å². The molecule has 0 saturated carbocycles. The fourth-order valence-corrected chi connectivity index (χ4v) is 10.3. The van der Waals surface area contributed by atoms with E-state index in [1.165, 1.54) is 0 Å². The van der Waals surface area contributed by atoms with Crippen LogP contribution < -0.4 is 10.6 Å². The number of aliphatic hydroxyl groups is 2. The molecule has 0 radical (unpaired) electrons. The van der Waals surface area contributed by atoms with Crippen LogP contribution in [-0.2, 0) is 54.7 Å². The molecule has 0 bridgehead atoms. The Kier molecular flexibility index (Phi) is 21.6. The number of benzene rings is 4. The Morgan fingerprint density at radius 2 is 1.00 bits per heavy atom. The summed E-state index contributed by atoms with van der Waals surface area (Å²) in [6, 6.07) is 24.2. The molecule has 0 saturated heterocycles. The highest BCUT2D eigenvalue weighted by atomic mass is 35.5. The van der Waals surface area contributed by atoms with Crippen LogP contribution in [0.4, 0.5) is 0 Å². The Morgan fingerprint density at radius 3 is 1.41 bits per heavy atom. The van der Waals surface area contributed by atoms with Gasteiger partial charge in [-0.15, -0.1) is 22.6 Å². The maximum absolute atomic E-state index is 12.4. The molecule has 23 heteroatoms. The third-order valence-corrected chi connectivity index (χ3v) is 13.9. The van der Waals surface area contributed by atoms with E-state index in [9.17, 15) is 19.8 Å². The van der Waals surface area contributed by atoms with Gasteiger partial charge in [-0.3, -0.25) is 9.59 Å². The van der Waals surface area contributed by atoms with Gasteiger partial charge in [-0.25, -0.2) is 9.36 Å². The number of amides is 2. The minimum absolute atomic E-state index is 0. The van der Waals surface area contributed by atoms with Crippen LogP contribution in [0, 0.1) is 0 Å². The predicted octanol–water partition coefficient (Wildman–Crippen LogP) is 6.11. The van der Waals surface area contributed by atoms with E-state index in [1.807, 2.05) is 48.8 Å². The van der Waals surface area contributed by atoms with Gasteiger partial charge in [0.05, 0.1) is 78.3 Å². The van der Waals surface area contributed by atoms with Crippen molar-refractivity contribution in [3.05, 3.63) is 139 Å². The van der Waals surface area contributed by atoms with Gasteiger partial charge in [0, 0.05) is 82.3 Å². The van der Waals surface area contributed by atoms with Crippen molar-refractivity contribution in [3.8, 4) is 22.5 Å². The molecular formula is C52H61Cl5N10O8. The van der Waals surface area contributed by atoms with E-state index in [4.69, 9.17) is 65.4 Å². The van der Waals surface area contributed by atoms with Crippen molar-refractivity contribution in [2.45, 2.75) is 50.2 Å². The molecule has 2 amide bonds. The second kappa shape index (κ2) is 28.0. The van der Waals surface area contributed by atoms with Gasteiger partial charge in [-0.05, 0) is 83.9 Å². The largest absolute Gasteiger partial charge is 0.380 e. The SMILES string of the molecule is CN1Cc2c(Cl)cc(Cl)cc2[C@H](c2cccc(-c3cn(CCOCCOCCNC(=O)[C@H](O)[C@@H](O)C(=O)NCCOCCOCCn4cc(-c5cccc([C@@H]6CN(C)Cc7c(Cl)cc(Cl)cc76)c5)nn4)nn3)c2)C1.Cl. The van der Waals surface area contributed by atoms with E-state index in [1.54, 1.807) is 21.5 Å². The number of fused-ring (bicyclic) bond motifs is 2. The zero-order valence-corrected chi connectivity index (χ0v) is 45.4. The minimum atomic E-state index is -1.97. The van der Waals surface area contributed by atoms with Gasteiger partial charge >= 0.3 is 0 Å². The van der Waals surface area contributed by atoms with E-state index >= 15 is 0 Å². The molecular weight excluding hydrogens is 1070 g/mol. The summed E-state index contributed by atoms with van der Waals surface area (Å²) >= 11 is 26.0. The first-order valence-electron chi connectivity index (χ1n) is 24.4. The molecule has 402 valence electrons. The summed E-state index contributed by atoms with van der Waals surface area (Å²) < 4.78 is 25.9. The molecule has 0 spiro atoms. The maximum atomic E-state index is 12.4. The smallest absolute Gasteiger partial charge is 0.252 e. The fourth-order valence-electron chi connectivity index (χ4n) is 9.12. The first-order valence-corrected chi connectivity index (χ1v) is 25.9. The summed E-state index contributed by atoms with van der Waals surface area (Å²) in [7, 11) is 4.17. The second-order valence-electron chi connectivity index (χ2n) is 18.3. The molecule has 2 aliphatic rings. The van der Waals surface area contributed by atoms with Gasteiger partial charge in [0.15, 0.2) is 12.2 Å². The molecule has 4 N–H and O–H groups in total. The summed E-state index contributed by atoms with van der Waals surface area (Å²) in [6.45, 7) is 6.35. The molecule has 4 heterocycles. The number of hydrogen-bond acceptors (Lipinski definition) is 14. The summed E-state index contributed by atoms with van der Waals surface area (Å²) in [6.07, 6.45) is -0.191. The highest BCUT2D eigenvalue weighted by molar-refractivity contribution is 6.35. The van der Waals surface area contributed by atoms with Crippen molar-refractivity contribution in [1.82, 2.24) is 50.4 Å². The molecule has 0 aliphatic carbocycles. The lowest BCUT2D eigenvalue weighted by Crippen LogP contribution is -2.50. The maximum Gasteiger partial charge on any atom is 0.252 e. The number of likely N-dealkylation sites (N-methyl/N-ethyl adjacent to an activating group) is 2. The summed E-state index contributed by atoms with van der Waals surface area (Å²) in [4.78, 5) is 29.3. The zero-order chi connectivity index (χ0) is 52.1. The number of rotatable bonds is 25. The number of hydrogen-bond donors (Lipinski definition) is 4. The Bertz CT molecular complexity index is 2670. The Balaban J connectivity index is 0.00000820. The third kappa shape index (κ3) is 15.7. The monoisotopic (exact) mass is 1130 g/mol. The van der Waals surface area contributed by atoms with Crippen molar-refractivity contribution in [1.29, 1.82) is 0 Å². The van der Waals surface area contributed by atoms with Crippen LogP contribution in [0.1, 0.15) is 45.2 Å². The Morgan fingerprint density at radius 1 is 0.600 bits per heavy atom. The van der Waals surface area contributed by atoms with Gasteiger partial charge in [0.25, 0.3) is 11.8 Å². The number of nitrogens with one attached hydrogen (secondary N) is 2. The van der Waals surface area contributed by atoms with Crippen LogP contribution in [0.5, 0.6) is 0 Å². The van der Waals surface area contributed by atoms with Crippen molar-refractivity contribution < 1.29 is 38.7 Å². The number of nitrogens with zero attached hydrogens (tertiary/aromatic N) is 8. The normalized spacial score (nSPS) is 16.4. The number of aromatic nitrogens is 6. The zero-order valence-electron chi connectivity index (χ0n) is 41.5. The molecule has 18 nitrogen and oxygen atoms in total. The topological polar surface area (TPSA) is 203 Å². The molecule has 4 aromatic carbocycles. The first kappa shape index (κ1) is 57.9. The highest BCUT2D eigenvalue weighted by Crippen LogP contribution is 2.41. The molecule has 0 fully saturated rings. The molecule has 4 atom stereocenters. The van der Waals surface area contributed by atoms with Crippen LogP contribution in [0.3, 0.4) is 0 Å². The minimum Gasteiger partial charge on any atom is -0.380 e. The first-order chi connectivity index (χ1) is 35.8. The summed E-state index contributed by atoms with van der Waals surface area (Å²) in [5.41, 5.74) is 10.1. The molecule has 2 aromatic heterocycles. The number of carbonyl (C=O) groups is 2. The Labute approximate surface area is 461 Å². The lowest BCUT2D eigenvalue weighted by molar-refractivity contribution is -0.146. The summed E-state index contributed by atoms with van der Waals surface area (Å²) in [5.74, 6) is -1.62.